The van der Waals surface area contributed by atoms with Crippen molar-refractivity contribution in [3.8, 4) is 0 Å². The van der Waals surface area contributed by atoms with Crippen molar-refractivity contribution in [2.45, 2.75) is 6.92 Å². The number of carbonyl (C=O) groups is 2. The molecule has 0 saturated carbocycles. The normalized spacial score (nSPS) is 25.9. The van der Waals surface area contributed by atoms with Gasteiger partial charge in [0.1, 0.15) is 6.54 Å². The van der Waals surface area contributed by atoms with Crippen LogP contribution in [0.1, 0.15) is 6.92 Å². The number of carbonyl (C=O) groups excluding carboxylic acids is 2. The predicted molar refractivity (Wildman–Crippen MR) is 35.7 cm³/mol. The second-order valence-electron chi connectivity index (χ2n) is 2.19. The summed E-state index contributed by atoms with van der Waals surface area (Å²) in [6, 6.07) is 0. The average molecular weight is 140 g/mol. The molecule has 0 saturated heterocycles. The third-order valence-electron chi connectivity index (χ3n) is 1.24. The summed E-state index contributed by atoms with van der Waals surface area (Å²) in [6.45, 7) is 1.76. The fraction of sp³-hybridized carbons (Fsp3) is 0.500. The molecule has 1 aliphatic heterocycles. The summed E-state index contributed by atoms with van der Waals surface area (Å²) in [6.07, 6.45) is 1.49. The first kappa shape index (κ1) is 6.92. The van der Waals surface area contributed by atoms with E-state index < -0.39 is 0 Å². The van der Waals surface area contributed by atoms with Gasteiger partial charge in [-0.05, 0) is 6.92 Å². The van der Waals surface area contributed by atoms with Crippen molar-refractivity contribution in [1.29, 1.82) is 0 Å². The van der Waals surface area contributed by atoms with E-state index in [4.69, 9.17) is 0 Å². The van der Waals surface area contributed by atoms with E-state index in [9.17, 15) is 9.59 Å². The molecule has 1 unspecified atom stereocenters. The van der Waals surface area contributed by atoms with Gasteiger partial charge in [0.25, 0.3) is 0 Å². The first-order valence-corrected chi connectivity index (χ1v) is 3.04. The average Bonchev–Trinajstić information content (AvgIpc) is 1.96. The maximum absolute atomic E-state index is 10.8. The zero-order chi connectivity index (χ0) is 7.56. The largest absolute Gasteiger partial charge is 0.294 e. The van der Waals surface area contributed by atoms with Gasteiger partial charge in [0, 0.05) is 6.21 Å². The van der Waals surface area contributed by atoms with Crippen LogP contribution in [-0.2, 0) is 9.59 Å². The smallest absolute Gasteiger partial charge is 0.248 e. The number of nitrogens with one attached hydrogen (secondary N) is 1. The Kier molecular flexibility index (Phi) is 1.80. The summed E-state index contributed by atoms with van der Waals surface area (Å²) in [5.74, 6) is -0.886. The van der Waals surface area contributed by atoms with E-state index in [2.05, 4.69) is 10.3 Å². The molecule has 10 heavy (non-hydrogen) atoms. The molecule has 1 aliphatic rings. The fourth-order valence-electron chi connectivity index (χ4n) is 0.652. The van der Waals surface area contributed by atoms with Gasteiger partial charge in [-0.15, -0.1) is 0 Å². The molecule has 4 nitrogen and oxygen atoms in total. The summed E-state index contributed by atoms with van der Waals surface area (Å²) in [5.41, 5.74) is 0. The molecule has 0 aromatic carbocycles. The van der Waals surface area contributed by atoms with Crippen LogP contribution >= 0.6 is 0 Å². The van der Waals surface area contributed by atoms with Gasteiger partial charge in [-0.25, -0.2) is 0 Å². The van der Waals surface area contributed by atoms with E-state index in [1.807, 2.05) is 0 Å². The molecule has 0 radical (unpaired) electrons. The summed E-state index contributed by atoms with van der Waals surface area (Å²) >= 11 is 0. The van der Waals surface area contributed by atoms with E-state index in [0.717, 1.165) is 0 Å². The molecule has 54 valence electrons. The minimum absolute atomic E-state index is 0.0656. The summed E-state index contributed by atoms with van der Waals surface area (Å²) < 4.78 is 0. The first-order chi connectivity index (χ1) is 4.70. The zero-order valence-corrected chi connectivity index (χ0v) is 5.63. The van der Waals surface area contributed by atoms with Crippen molar-refractivity contribution in [1.82, 2.24) is 5.32 Å². The van der Waals surface area contributed by atoms with Gasteiger partial charge in [0.2, 0.25) is 11.8 Å². The minimum atomic E-state index is -0.328. The fourth-order valence-corrected chi connectivity index (χ4v) is 0.652. The quantitative estimate of drug-likeness (QED) is 0.454. The molecule has 0 aromatic rings. The predicted octanol–water partition coefficient (Wildman–Crippen LogP) is -0.650. The number of rotatable bonds is 0. The molecular weight excluding hydrogens is 132 g/mol. The number of amides is 2. The third kappa shape index (κ3) is 1.40. The monoisotopic (exact) mass is 140 g/mol. The van der Waals surface area contributed by atoms with Crippen LogP contribution < -0.4 is 5.32 Å². The maximum Gasteiger partial charge on any atom is 0.248 e. The van der Waals surface area contributed by atoms with Crippen LogP contribution in [0.25, 0.3) is 0 Å². The second-order valence-corrected chi connectivity index (χ2v) is 2.19. The lowest BCUT2D eigenvalue weighted by molar-refractivity contribution is -0.130. The number of aliphatic imine (C=N–C) groups is 1. The maximum atomic E-state index is 10.8. The van der Waals surface area contributed by atoms with Gasteiger partial charge in [-0.2, -0.15) is 0 Å². The third-order valence-corrected chi connectivity index (χ3v) is 1.24. The van der Waals surface area contributed by atoms with Crippen LogP contribution in [0.5, 0.6) is 0 Å². The van der Waals surface area contributed by atoms with Gasteiger partial charge < -0.3 is 0 Å². The molecule has 1 rings (SSSR count). The van der Waals surface area contributed by atoms with Gasteiger partial charge in [-0.3, -0.25) is 19.9 Å². The van der Waals surface area contributed by atoms with Crippen LogP contribution in [0, 0.1) is 5.92 Å². The van der Waals surface area contributed by atoms with Crippen LogP contribution in [0.15, 0.2) is 4.99 Å². The van der Waals surface area contributed by atoms with Crippen LogP contribution in [0.2, 0.25) is 0 Å². The SMILES string of the molecule is CC1C=NCC(=O)NC1=O. The number of hydrogen-bond acceptors (Lipinski definition) is 3. The molecule has 1 heterocycles. The Labute approximate surface area is 58.3 Å². The van der Waals surface area contributed by atoms with Crippen LogP contribution in [-0.4, -0.2) is 24.6 Å². The first-order valence-electron chi connectivity index (χ1n) is 3.04. The highest BCUT2D eigenvalue weighted by atomic mass is 16.2. The molecule has 0 bridgehead atoms. The highest BCUT2D eigenvalue weighted by Gasteiger charge is 2.15. The van der Waals surface area contributed by atoms with E-state index in [0.29, 0.717) is 0 Å². The number of hydrogen-bond donors (Lipinski definition) is 1. The molecule has 4 heteroatoms. The number of imide groups is 1. The van der Waals surface area contributed by atoms with Crippen molar-refractivity contribution in [2.75, 3.05) is 6.54 Å². The van der Waals surface area contributed by atoms with Crippen molar-refractivity contribution >= 4 is 18.0 Å². The lowest BCUT2D eigenvalue weighted by Gasteiger charge is -1.99. The summed E-state index contributed by atoms with van der Waals surface area (Å²) in [7, 11) is 0. The Balaban J connectivity index is 2.71. The molecule has 0 aromatic heterocycles. The minimum Gasteiger partial charge on any atom is -0.294 e. The van der Waals surface area contributed by atoms with Gasteiger partial charge in [-0.1, -0.05) is 0 Å². The number of nitrogens with zero attached hydrogens (tertiary/aromatic N) is 1. The van der Waals surface area contributed by atoms with Crippen LogP contribution in [0.4, 0.5) is 0 Å². The van der Waals surface area contributed by atoms with Crippen molar-refractivity contribution < 1.29 is 9.59 Å². The van der Waals surface area contributed by atoms with Crippen molar-refractivity contribution in [2.24, 2.45) is 10.9 Å². The van der Waals surface area contributed by atoms with E-state index in [1.165, 1.54) is 6.21 Å². The lowest BCUT2D eigenvalue weighted by Crippen LogP contribution is -2.34. The van der Waals surface area contributed by atoms with Gasteiger partial charge >= 0.3 is 0 Å². The summed E-state index contributed by atoms with van der Waals surface area (Å²) in [5, 5.41) is 2.19. The van der Waals surface area contributed by atoms with E-state index >= 15 is 0 Å². The lowest BCUT2D eigenvalue weighted by atomic mass is 10.2. The van der Waals surface area contributed by atoms with Crippen molar-refractivity contribution in [3.05, 3.63) is 0 Å². The molecule has 1 atom stereocenters. The molecule has 0 aliphatic carbocycles. The molecule has 1 N–H and O–H groups in total. The van der Waals surface area contributed by atoms with Gasteiger partial charge in [0.15, 0.2) is 0 Å². The summed E-state index contributed by atoms with van der Waals surface area (Å²) in [4.78, 5) is 25.1. The Morgan fingerprint density at radius 1 is 1.70 bits per heavy atom. The highest BCUT2D eigenvalue weighted by Crippen LogP contribution is 1.93. The molecule has 0 fully saturated rings. The Bertz CT molecular complexity index is 198. The second kappa shape index (κ2) is 2.60. The molecule has 0 spiro atoms. The van der Waals surface area contributed by atoms with Crippen molar-refractivity contribution in [3.63, 3.8) is 0 Å². The Morgan fingerprint density at radius 2 is 2.40 bits per heavy atom. The van der Waals surface area contributed by atoms with Gasteiger partial charge in [0.05, 0.1) is 5.92 Å². The van der Waals surface area contributed by atoms with E-state index in [1.54, 1.807) is 6.92 Å². The zero-order valence-electron chi connectivity index (χ0n) is 5.63. The molecule has 2 amide bonds. The standard InChI is InChI=1S/C6H8N2O2/c1-4-2-7-3-5(9)8-6(4)10/h2,4H,3H2,1H3,(H,8,9,10). The van der Waals surface area contributed by atoms with E-state index in [-0.39, 0.29) is 24.3 Å². The topological polar surface area (TPSA) is 58.5 Å². The molecular formula is C6H8N2O2. The highest BCUT2D eigenvalue weighted by molar-refractivity contribution is 6.05. The Morgan fingerprint density at radius 3 is 3.10 bits per heavy atom. The van der Waals surface area contributed by atoms with Crippen LogP contribution in [0.3, 0.4) is 0 Å². The Hall–Kier alpha value is -1.19.